The quantitative estimate of drug-likeness (QED) is 0.741. The average molecular weight is 318 g/mol. The molecule has 3 nitrogen and oxygen atoms in total. The molecule has 1 atom stereocenters. The normalized spacial score (nSPS) is 12.5. The molecule has 0 radical (unpaired) electrons. The van der Waals surface area contributed by atoms with E-state index in [9.17, 15) is 13.6 Å². The summed E-state index contributed by atoms with van der Waals surface area (Å²) in [5, 5.41) is 0.230. The molecule has 1 N–H and O–H groups in total. The zero-order valence-corrected chi connectivity index (χ0v) is 12.5. The van der Waals surface area contributed by atoms with Crippen molar-refractivity contribution in [3.63, 3.8) is 0 Å². The molecular formula is C16H12F2N2OS. The van der Waals surface area contributed by atoms with Crippen LogP contribution in [0.3, 0.4) is 0 Å². The summed E-state index contributed by atoms with van der Waals surface area (Å²) in [5.74, 6) is -0.788. The van der Waals surface area contributed by atoms with E-state index in [0.29, 0.717) is 21.6 Å². The van der Waals surface area contributed by atoms with Crippen LogP contribution in [0.1, 0.15) is 18.0 Å². The first-order valence-electron chi connectivity index (χ1n) is 6.65. The highest BCUT2D eigenvalue weighted by molar-refractivity contribution is 7.99. The molecule has 0 aliphatic rings. The predicted molar refractivity (Wildman–Crippen MR) is 83.0 cm³/mol. The van der Waals surface area contributed by atoms with Crippen LogP contribution >= 0.6 is 11.8 Å². The maximum Gasteiger partial charge on any atom is 0.258 e. The van der Waals surface area contributed by atoms with Gasteiger partial charge in [0, 0.05) is 11.0 Å². The maximum atomic E-state index is 13.7. The molecule has 0 saturated carbocycles. The monoisotopic (exact) mass is 318 g/mol. The molecule has 1 heterocycles. The van der Waals surface area contributed by atoms with E-state index in [4.69, 9.17) is 0 Å². The van der Waals surface area contributed by atoms with Gasteiger partial charge < -0.3 is 4.98 Å². The third kappa shape index (κ3) is 2.87. The lowest BCUT2D eigenvalue weighted by molar-refractivity contribution is 0.565. The number of hydrogen-bond acceptors (Lipinski definition) is 3. The SMILES string of the molecule is CC(Sc1ccc(F)cc1F)c1nc2ccccc2c(=O)[nH]1. The molecule has 3 aromatic rings. The number of nitrogens with one attached hydrogen (secondary N) is 1. The highest BCUT2D eigenvalue weighted by Gasteiger charge is 2.15. The number of thioether (sulfide) groups is 1. The van der Waals surface area contributed by atoms with Crippen LogP contribution in [0.2, 0.25) is 0 Å². The van der Waals surface area contributed by atoms with Crippen molar-refractivity contribution in [2.75, 3.05) is 0 Å². The van der Waals surface area contributed by atoms with Gasteiger partial charge in [-0.05, 0) is 31.2 Å². The Morgan fingerprint density at radius 3 is 2.73 bits per heavy atom. The molecule has 0 bridgehead atoms. The van der Waals surface area contributed by atoms with Crippen LogP contribution in [0.5, 0.6) is 0 Å². The van der Waals surface area contributed by atoms with Crippen LogP contribution in [0.25, 0.3) is 10.9 Å². The summed E-state index contributed by atoms with van der Waals surface area (Å²) in [6, 6.07) is 10.4. The van der Waals surface area contributed by atoms with Gasteiger partial charge in [0.15, 0.2) is 0 Å². The Hall–Kier alpha value is -2.21. The number of hydrogen-bond donors (Lipinski definition) is 1. The Bertz CT molecular complexity index is 895. The van der Waals surface area contributed by atoms with Gasteiger partial charge in [-0.25, -0.2) is 13.8 Å². The van der Waals surface area contributed by atoms with Gasteiger partial charge in [-0.1, -0.05) is 12.1 Å². The summed E-state index contributed by atoms with van der Waals surface area (Å²) >= 11 is 1.17. The van der Waals surface area contributed by atoms with Crippen molar-refractivity contribution in [3.8, 4) is 0 Å². The third-order valence-electron chi connectivity index (χ3n) is 3.21. The average Bonchev–Trinajstić information content (AvgIpc) is 2.50. The molecule has 0 amide bonds. The third-order valence-corrected chi connectivity index (χ3v) is 4.38. The summed E-state index contributed by atoms with van der Waals surface area (Å²) in [4.78, 5) is 19.5. The number of halogens is 2. The maximum absolute atomic E-state index is 13.7. The first-order chi connectivity index (χ1) is 10.5. The predicted octanol–water partition coefficient (Wildman–Crippen LogP) is 4.05. The molecule has 2 aromatic carbocycles. The molecule has 6 heteroatoms. The first kappa shape index (κ1) is 14.7. The van der Waals surface area contributed by atoms with E-state index in [-0.39, 0.29) is 10.8 Å². The molecule has 22 heavy (non-hydrogen) atoms. The van der Waals surface area contributed by atoms with Crippen LogP contribution in [0, 0.1) is 11.6 Å². The first-order valence-corrected chi connectivity index (χ1v) is 7.53. The minimum absolute atomic E-state index is 0.229. The smallest absolute Gasteiger partial charge is 0.258 e. The largest absolute Gasteiger partial charge is 0.309 e. The molecule has 0 aliphatic heterocycles. The lowest BCUT2D eigenvalue weighted by atomic mass is 10.2. The number of aromatic nitrogens is 2. The lowest BCUT2D eigenvalue weighted by Crippen LogP contribution is -2.12. The van der Waals surface area contributed by atoms with Crippen molar-refractivity contribution in [2.45, 2.75) is 17.1 Å². The van der Waals surface area contributed by atoms with E-state index < -0.39 is 11.6 Å². The van der Waals surface area contributed by atoms with Crippen molar-refractivity contribution in [2.24, 2.45) is 0 Å². The Morgan fingerprint density at radius 2 is 1.95 bits per heavy atom. The molecule has 3 rings (SSSR count). The lowest BCUT2D eigenvalue weighted by Gasteiger charge is -2.11. The molecule has 1 aromatic heterocycles. The van der Waals surface area contributed by atoms with Gasteiger partial charge in [-0.15, -0.1) is 11.8 Å². The summed E-state index contributed by atoms with van der Waals surface area (Å²) < 4.78 is 26.6. The summed E-state index contributed by atoms with van der Waals surface area (Å²) in [7, 11) is 0. The van der Waals surface area contributed by atoms with Gasteiger partial charge in [0.05, 0.1) is 16.2 Å². The van der Waals surface area contributed by atoms with E-state index in [1.165, 1.54) is 23.9 Å². The van der Waals surface area contributed by atoms with Gasteiger partial charge in [0.1, 0.15) is 17.5 Å². The number of rotatable bonds is 3. The fourth-order valence-electron chi connectivity index (χ4n) is 2.11. The van der Waals surface area contributed by atoms with Gasteiger partial charge in [-0.2, -0.15) is 0 Å². The van der Waals surface area contributed by atoms with E-state index in [1.807, 2.05) is 0 Å². The number of fused-ring (bicyclic) bond motifs is 1. The Balaban J connectivity index is 1.95. The Kier molecular flexibility index (Phi) is 3.94. The van der Waals surface area contributed by atoms with Crippen LogP contribution in [0.4, 0.5) is 8.78 Å². The highest BCUT2D eigenvalue weighted by atomic mass is 32.2. The summed E-state index contributed by atoms with van der Waals surface area (Å²) in [5.41, 5.74) is 0.362. The van der Waals surface area contributed by atoms with Crippen molar-refractivity contribution < 1.29 is 8.78 Å². The second-order valence-corrected chi connectivity index (χ2v) is 6.19. The molecule has 1 unspecified atom stereocenters. The fraction of sp³-hybridized carbons (Fsp3) is 0.125. The Morgan fingerprint density at radius 1 is 1.18 bits per heavy atom. The van der Waals surface area contributed by atoms with Gasteiger partial charge >= 0.3 is 0 Å². The van der Waals surface area contributed by atoms with Crippen molar-refractivity contribution in [1.29, 1.82) is 0 Å². The molecule has 0 spiro atoms. The number of aromatic amines is 1. The minimum atomic E-state index is -0.625. The summed E-state index contributed by atoms with van der Waals surface area (Å²) in [6.07, 6.45) is 0. The summed E-state index contributed by atoms with van der Waals surface area (Å²) in [6.45, 7) is 1.81. The van der Waals surface area contributed by atoms with Gasteiger partial charge in [0.25, 0.3) is 5.56 Å². The standard InChI is InChI=1S/C16H12F2N2OS/c1-9(22-14-7-6-10(17)8-12(14)18)15-19-13-5-3-2-4-11(13)16(21)20-15/h2-9H,1H3,(H,19,20,21). The number of para-hydroxylation sites is 1. The zero-order valence-electron chi connectivity index (χ0n) is 11.6. The number of nitrogens with zero attached hydrogens (tertiary/aromatic N) is 1. The molecule has 0 saturated heterocycles. The van der Waals surface area contributed by atoms with Crippen LogP contribution in [-0.4, -0.2) is 9.97 Å². The van der Waals surface area contributed by atoms with Crippen molar-refractivity contribution in [3.05, 3.63) is 70.3 Å². The van der Waals surface area contributed by atoms with E-state index in [2.05, 4.69) is 9.97 Å². The van der Waals surface area contributed by atoms with Crippen LogP contribution in [-0.2, 0) is 0 Å². The van der Waals surface area contributed by atoms with Crippen molar-refractivity contribution in [1.82, 2.24) is 9.97 Å². The second kappa shape index (κ2) is 5.88. The topological polar surface area (TPSA) is 45.8 Å². The molecule has 0 fully saturated rings. The fourth-order valence-corrected chi connectivity index (χ4v) is 3.04. The zero-order chi connectivity index (χ0) is 15.7. The van der Waals surface area contributed by atoms with E-state index in [0.717, 1.165) is 6.07 Å². The highest BCUT2D eigenvalue weighted by Crippen LogP contribution is 2.34. The molecule has 112 valence electrons. The van der Waals surface area contributed by atoms with E-state index in [1.54, 1.807) is 31.2 Å². The van der Waals surface area contributed by atoms with Crippen molar-refractivity contribution >= 4 is 22.7 Å². The molecule has 0 aliphatic carbocycles. The Labute approximate surface area is 129 Å². The van der Waals surface area contributed by atoms with Crippen LogP contribution < -0.4 is 5.56 Å². The number of H-pyrrole nitrogens is 1. The van der Waals surface area contributed by atoms with Crippen LogP contribution in [0.15, 0.2) is 52.2 Å². The number of benzene rings is 2. The minimum Gasteiger partial charge on any atom is -0.309 e. The van der Waals surface area contributed by atoms with Gasteiger partial charge in [-0.3, -0.25) is 4.79 Å². The van der Waals surface area contributed by atoms with Gasteiger partial charge in [0.2, 0.25) is 0 Å². The molecular weight excluding hydrogens is 306 g/mol. The van der Waals surface area contributed by atoms with E-state index >= 15 is 0 Å². The second-order valence-electron chi connectivity index (χ2n) is 4.80.